The Labute approximate surface area is 144 Å². The first-order valence-corrected chi connectivity index (χ1v) is 7.56. The van der Waals surface area contributed by atoms with E-state index in [1.165, 1.54) is 16.8 Å². The molecule has 1 amide bonds. The van der Waals surface area contributed by atoms with Gasteiger partial charge in [-0.3, -0.25) is 9.59 Å². The summed E-state index contributed by atoms with van der Waals surface area (Å²) in [5.41, 5.74) is -0.233. The Morgan fingerprint density at radius 2 is 1.88 bits per heavy atom. The van der Waals surface area contributed by atoms with Gasteiger partial charge in [0.2, 0.25) is 5.91 Å². The number of nitrogens with one attached hydrogen (secondary N) is 2. The number of rotatable bonds is 3. The van der Waals surface area contributed by atoms with Gasteiger partial charge in [-0.1, -0.05) is 0 Å². The Balaban J connectivity index is 1.81. The predicted molar refractivity (Wildman–Crippen MR) is 87.7 cm³/mol. The van der Waals surface area contributed by atoms with Gasteiger partial charge in [0.05, 0.1) is 11.3 Å². The van der Waals surface area contributed by atoms with Crippen molar-refractivity contribution in [1.82, 2.24) is 19.7 Å². The van der Waals surface area contributed by atoms with Crippen LogP contribution in [0.2, 0.25) is 0 Å². The number of hydrogen-bond acceptors (Lipinski definition) is 4. The fourth-order valence-electron chi connectivity index (χ4n) is 2.55. The van der Waals surface area contributed by atoms with Crippen molar-refractivity contribution in [2.24, 2.45) is 0 Å². The molecule has 0 aliphatic heterocycles. The van der Waals surface area contributed by atoms with Crippen molar-refractivity contribution in [3.05, 3.63) is 51.7 Å². The van der Waals surface area contributed by atoms with E-state index in [1.807, 2.05) is 0 Å². The minimum Gasteiger partial charge on any atom is -0.324 e. The SMILES string of the molecule is Cc1nc2c(c(C)nn2CC(=O)Nc2ccc(C(F)(F)F)cc2)c(=O)[nH]1. The zero-order valence-electron chi connectivity index (χ0n) is 13.8. The summed E-state index contributed by atoms with van der Waals surface area (Å²) in [4.78, 5) is 30.9. The maximum absolute atomic E-state index is 12.6. The van der Waals surface area contributed by atoms with Gasteiger partial charge in [-0.05, 0) is 38.1 Å². The number of aryl methyl sites for hydroxylation is 2. The average molecular weight is 365 g/mol. The number of aromatic nitrogens is 4. The maximum Gasteiger partial charge on any atom is 0.416 e. The molecule has 1 aromatic carbocycles. The standard InChI is InChI=1S/C16H14F3N5O2/c1-8-13-14(20-9(2)21-15(13)26)24(23-8)7-12(25)22-11-5-3-10(4-6-11)16(17,18)19/h3-6H,7H2,1-2H3,(H,22,25)(H,20,21,26). The lowest BCUT2D eigenvalue weighted by Gasteiger charge is -2.09. The topological polar surface area (TPSA) is 92.7 Å². The Morgan fingerprint density at radius 1 is 1.23 bits per heavy atom. The van der Waals surface area contributed by atoms with Crippen LogP contribution in [0.1, 0.15) is 17.1 Å². The number of H-pyrrole nitrogens is 1. The molecule has 2 N–H and O–H groups in total. The Kier molecular flexibility index (Phi) is 4.26. The first kappa shape index (κ1) is 17.6. The van der Waals surface area contributed by atoms with Crippen molar-refractivity contribution in [3.63, 3.8) is 0 Å². The lowest BCUT2D eigenvalue weighted by molar-refractivity contribution is -0.137. The maximum atomic E-state index is 12.6. The number of halogens is 3. The van der Waals surface area contributed by atoms with Crippen molar-refractivity contribution >= 4 is 22.6 Å². The number of benzene rings is 1. The zero-order valence-corrected chi connectivity index (χ0v) is 13.8. The number of amides is 1. The number of alkyl halides is 3. The highest BCUT2D eigenvalue weighted by Crippen LogP contribution is 2.29. The van der Waals surface area contributed by atoms with E-state index in [2.05, 4.69) is 20.4 Å². The van der Waals surface area contributed by atoms with Crippen molar-refractivity contribution in [2.75, 3.05) is 5.32 Å². The van der Waals surface area contributed by atoms with E-state index in [9.17, 15) is 22.8 Å². The monoisotopic (exact) mass is 365 g/mol. The van der Waals surface area contributed by atoms with E-state index in [0.29, 0.717) is 11.5 Å². The number of fused-ring (bicyclic) bond motifs is 1. The summed E-state index contributed by atoms with van der Waals surface area (Å²) in [5, 5.41) is 6.93. The van der Waals surface area contributed by atoms with Gasteiger partial charge in [0.1, 0.15) is 17.8 Å². The van der Waals surface area contributed by atoms with E-state index in [1.54, 1.807) is 13.8 Å². The molecule has 0 radical (unpaired) electrons. The number of hydrogen-bond donors (Lipinski definition) is 2. The van der Waals surface area contributed by atoms with Crippen molar-refractivity contribution in [3.8, 4) is 0 Å². The van der Waals surface area contributed by atoms with Gasteiger partial charge in [0.15, 0.2) is 5.65 Å². The fourth-order valence-corrected chi connectivity index (χ4v) is 2.55. The minimum absolute atomic E-state index is 0.221. The van der Waals surface area contributed by atoms with Crippen LogP contribution in [0.5, 0.6) is 0 Å². The molecule has 3 aromatic rings. The summed E-state index contributed by atoms with van der Waals surface area (Å²) < 4.78 is 38.9. The zero-order chi connectivity index (χ0) is 19.1. The number of anilines is 1. The average Bonchev–Trinajstić information content (AvgIpc) is 2.82. The molecule has 3 rings (SSSR count). The summed E-state index contributed by atoms with van der Waals surface area (Å²) in [6.45, 7) is 3.00. The molecule has 0 fully saturated rings. The van der Waals surface area contributed by atoms with Gasteiger partial charge >= 0.3 is 6.18 Å². The van der Waals surface area contributed by atoms with Gasteiger partial charge in [-0.25, -0.2) is 9.67 Å². The number of carbonyl (C=O) groups is 1. The summed E-state index contributed by atoms with van der Waals surface area (Å²) in [6, 6.07) is 4.10. The number of nitrogens with zero attached hydrogens (tertiary/aromatic N) is 3. The van der Waals surface area contributed by atoms with Crippen LogP contribution in [-0.2, 0) is 17.5 Å². The summed E-state index contributed by atoms with van der Waals surface area (Å²) >= 11 is 0. The number of carbonyl (C=O) groups excluding carboxylic acids is 1. The lowest BCUT2D eigenvalue weighted by Crippen LogP contribution is -2.20. The largest absolute Gasteiger partial charge is 0.416 e. The molecule has 10 heteroatoms. The van der Waals surface area contributed by atoms with Crippen LogP contribution < -0.4 is 10.9 Å². The Morgan fingerprint density at radius 3 is 2.50 bits per heavy atom. The van der Waals surface area contributed by atoms with Crippen LogP contribution in [0, 0.1) is 13.8 Å². The van der Waals surface area contributed by atoms with Crippen molar-refractivity contribution in [1.29, 1.82) is 0 Å². The fraction of sp³-hybridized carbons (Fsp3) is 0.250. The van der Waals surface area contributed by atoms with Gasteiger partial charge in [-0.2, -0.15) is 18.3 Å². The second kappa shape index (κ2) is 6.28. The van der Waals surface area contributed by atoms with E-state index >= 15 is 0 Å². The molecule has 7 nitrogen and oxygen atoms in total. The molecular weight excluding hydrogens is 351 g/mol. The first-order valence-electron chi connectivity index (χ1n) is 7.56. The minimum atomic E-state index is -4.44. The van der Waals surface area contributed by atoms with Crippen LogP contribution in [0.3, 0.4) is 0 Å². The lowest BCUT2D eigenvalue weighted by atomic mass is 10.2. The molecule has 2 aromatic heterocycles. The van der Waals surface area contributed by atoms with Gasteiger partial charge in [-0.15, -0.1) is 0 Å². The normalized spacial score (nSPS) is 11.7. The third-order valence-corrected chi connectivity index (χ3v) is 3.69. The Hall–Kier alpha value is -3.17. The van der Waals surface area contributed by atoms with E-state index < -0.39 is 17.6 Å². The third kappa shape index (κ3) is 3.44. The number of aromatic amines is 1. The van der Waals surface area contributed by atoms with Crippen LogP contribution in [0.4, 0.5) is 18.9 Å². The highest BCUT2D eigenvalue weighted by molar-refractivity contribution is 5.91. The highest BCUT2D eigenvalue weighted by Gasteiger charge is 2.30. The third-order valence-electron chi connectivity index (χ3n) is 3.69. The summed E-state index contributed by atoms with van der Waals surface area (Å²) in [7, 11) is 0. The predicted octanol–water partition coefficient (Wildman–Crippen LogP) is 2.39. The van der Waals surface area contributed by atoms with Crippen LogP contribution in [-0.4, -0.2) is 25.7 Å². The van der Waals surface area contributed by atoms with Crippen LogP contribution in [0.15, 0.2) is 29.1 Å². The molecule has 0 saturated carbocycles. The summed E-state index contributed by atoms with van der Waals surface area (Å²) in [6.07, 6.45) is -4.44. The molecule has 0 atom stereocenters. The van der Waals surface area contributed by atoms with E-state index in [0.717, 1.165) is 12.1 Å². The quantitative estimate of drug-likeness (QED) is 0.745. The highest BCUT2D eigenvalue weighted by atomic mass is 19.4. The Bertz CT molecular complexity index is 1030. The van der Waals surface area contributed by atoms with Crippen molar-refractivity contribution in [2.45, 2.75) is 26.6 Å². The smallest absolute Gasteiger partial charge is 0.324 e. The molecule has 0 bridgehead atoms. The second-order valence-corrected chi connectivity index (χ2v) is 5.72. The molecule has 0 aliphatic carbocycles. The molecule has 136 valence electrons. The first-order chi connectivity index (χ1) is 12.1. The van der Waals surface area contributed by atoms with Gasteiger partial charge < -0.3 is 10.3 Å². The van der Waals surface area contributed by atoms with Gasteiger partial charge in [0, 0.05) is 5.69 Å². The van der Waals surface area contributed by atoms with Crippen molar-refractivity contribution < 1.29 is 18.0 Å². The van der Waals surface area contributed by atoms with Crippen LogP contribution in [0.25, 0.3) is 11.0 Å². The van der Waals surface area contributed by atoms with Crippen LogP contribution >= 0.6 is 0 Å². The molecule has 0 aliphatic rings. The molecule has 26 heavy (non-hydrogen) atoms. The van der Waals surface area contributed by atoms with E-state index in [4.69, 9.17) is 0 Å². The molecular formula is C16H14F3N5O2. The molecule has 0 saturated heterocycles. The molecule has 0 unspecified atom stereocenters. The molecule has 2 heterocycles. The summed E-state index contributed by atoms with van der Waals surface area (Å²) in [5.74, 6) is -0.124. The molecule has 0 spiro atoms. The second-order valence-electron chi connectivity index (χ2n) is 5.72. The van der Waals surface area contributed by atoms with E-state index in [-0.39, 0.29) is 28.8 Å². The van der Waals surface area contributed by atoms with Gasteiger partial charge in [0.25, 0.3) is 5.56 Å².